The van der Waals surface area contributed by atoms with Gasteiger partial charge in [-0.2, -0.15) is 0 Å². The lowest BCUT2D eigenvalue weighted by molar-refractivity contribution is 0.0797. The molecule has 3 heteroatoms. The standard InChI is InChI=1S/C17H24FNO/c1-12-8-9-19(14(3)10-12)11-13(2)17(20)15-6-4-5-7-16(15)18/h4-7,12-14H,8-11H2,1-3H3. The van der Waals surface area contributed by atoms with E-state index in [1.165, 1.54) is 18.9 Å². The van der Waals surface area contributed by atoms with E-state index >= 15 is 0 Å². The number of piperidine rings is 1. The van der Waals surface area contributed by atoms with Crippen LogP contribution < -0.4 is 0 Å². The molecule has 1 aliphatic rings. The van der Waals surface area contributed by atoms with Gasteiger partial charge in [-0.15, -0.1) is 0 Å². The fourth-order valence-electron chi connectivity index (χ4n) is 3.09. The Balaban J connectivity index is 2.00. The highest BCUT2D eigenvalue weighted by Gasteiger charge is 2.27. The number of halogens is 1. The van der Waals surface area contributed by atoms with E-state index in [0.29, 0.717) is 6.04 Å². The first-order valence-corrected chi connectivity index (χ1v) is 7.51. The van der Waals surface area contributed by atoms with Crippen molar-refractivity contribution in [1.29, 1.82) is 0 Å². The molecule has 0 aromatic heterocycles. The molecule has 0 spiro atoms. The minimum atomic E-state index is -0.412. The third kappa shape index (κ3) is 3.45. The lowest BCUT2D eigenvalue weighted by atomic mass is 9.91. The van der Waals surface area contributed by atoms with E-state index in [-0.39, 0.29) is 17.3 Å². The fraction of sp³-hybridized carbons (Fsp3) is 0.588. The molecule has 0 radical (unpaired) electrons. The molecule has 0 saturated carbocycles. The van der Waals surface area contributed by atoms with Crippen LogP contribution in [0, 0.1) is 17.7 Å². The molecule has 1 aromatic carbocycles. The average Bonchev–Trinajstić information content (AvgIpc) is 2.41. The average molecular weight is 277 g/mol. The Labute approximate surface area is 121 Å². The van der Waals surface area contributed by atoms with Gasteiger partial charge in [-0.05, 0) is 44.4 Å². The summed E-state index contributed by atoms with van der Waals surface area (Å²) in [6.45, 7) is 8.16. The van der Waals surface area contributed by atoms with Crippen molar-refractivity contribution in [1.82, 2.24) is 4.90 Å². The number of hydrogen-bond donors (Lipinski definition) is 0. The second kappa shape index (κ2) is 6.49. The summed E-state index contributed by atoms with van der Waals surface area (Å²) in [6.07, 6.45) is 2.37. The molecule has 3 atom stereocenters. The maximum absolute atomic E-state index is 13.7. The van der Waals surface area contributed by atoms with E-state index in [2.05, 4.69) is 18.7 Å². The van der Waals surface area contributed by atoms with Crippen LogP contribution in [0.5, 0.6) is 0 Å². The molecule has 0 bridgehead atoms. The van der Waals surface area contributed by atoms with Crippen LogP contribution in [0.2, 0.25) is 0 Å². The number of likely N-dealkylation sites (tertiary alicyclic amines) is 1. The number of hydrogen-bond acceptors (Lipinski definition) is 2. The SMILES string of the molecule is CC1CCN(CC(C)C(=O)c2ccccc2F)C(C)C1. The summed E-state index contributed by atoms with van der Waals surface area (Å²) in [5, 5.41) is 0. The summed E-state index contributed by atoms with van der Waals surface area (Å²) in [5.41, 5.74) is 0.220. The van der Waals surface area contributed by atoms with Gasteiger partial charge in [0, 0.05) is 18.5 Å². The van der Waals surface area contributed by atoms with Gasteiger partial charge >= 0.3 is 0 Å². The molecule has 0 aliphatic carbocycles. The molecule has 2 nitrogen and oxygen atoms in total. The van der Waals surface area contributed by atoms with Crippen molar-refractivity contribution in [2.24, 2.45) is 11.8 Å². The molecule has 0 N–H and O–H groups in total. The Kier molecular flexibility index (Phi) is 4.92. The van der Waals surface area contributed by atoms with Crippen molar-refractivity contribution >= 4 is 5.78 Å². The van der Waals surface area contributed by atoms with Crippen molar-refractivity contribution in [3.63, 3.8) is 0 Å². The highest BCUT2D eigenvalue weighted by molar-refractivity contribution is 5.98. The molecular weight excluding hydrogens is 253 g/mol. The van der Waals surface area contributed by atoms with Crippen molar-refractivity contribution in [2.45, 2.75) is 39.7 Å². The van der Waals surface area contributed by atoms with Crippen LogP contribution in [0.15, 0.2) is 24.3 Å². The Morgan fingerprint density at radius 3 is 2.75 bits per heavy atom. The fourth-order valence-corrected chi connectivity index (χ4v) is 3.09. The summed E-state index contributed by atoms with van der Waals surface area (Å²) < 4.78 is 13.7. The van der Waals surface area contributed by atoms with Gasteiger partial charge < -0.3 is 0 Å². The van der Waals surface area contributed by atoms with Crippen LogP contribution in [0.25, 0.3) is 0 Å². The Bertz CT molecular complexity index is 474. The third-order valence-corrected chi connectivity index (χ3v) is 4.37. The van der Waals surface area contributed by atoms with Gasteiger partial charge in [-0.25, -0.2) is 4.39 Å². The summed E-state index contributed by atoms with van der Waals surface area (Å²) in [7, 11) is 0. The van der Waals surface area contributed by atoms with E-state index in [1.54, 1.807) is 18.2 Å². The molecule has 1 aliphatic heterocycles. The molecule has 1 saturated heterocycles. The van der Waals surface area contributed by atoms with Gasteiger partial charge in [-0.3, -0.25) is 9.69 Å². The van der Waals surface area contributed by atoms with Crippen molar-refractivity contribution in [3.8, 4) is 0 Å². The van der Waals surface area contributed by atoms with E-state index in [1.807, 2.05) is 6.92 Å². The third-order valence-electron chi connectivity index (χ3n) is 4.37. The zero-order valence-electron chi connectivity index (χ0n) is 12.6. The first kappa shape index (κ1) is 15.2. The summed E-state index contributed by atoms with van der Waals surface area (Å²) >= 11 is 0. The van der Waals surface area contributed by atoms with Gasteiger partial charge in [-0.1, -0.05) is 26.0 Å². The number of rotatable bonds is 4. The number of carbonyl (C=O) groups is 1. The molecule has 0 amide bonds. The highest BCUT2D eigenvalue weighted by Crippen LogP contribution is 2.24. The quantitative estimate of drug-likeness (QED) is 0.781. The second-order valence-corrected chi connectivity index (χ2v) is 6.22. The van der Waals surface area contributed by atoms with Gasteiger partial charge in [0.2, 0.25) is 0 Å². The number of benzene rings is 1. The van der Waals surface area contributed by atoms with Crippen LogP contribution in [0.3, 0.4) is 0 Å². The lowest BCUT2D eigenvalue weighted by Gasteiger charge is -2.37. The number of ketones is 1. The predicted octanol–water partition coefficient (Wildman–Crippen LogP) is 3.76. The van der Waals surface area contributed by atoms with Crippen molar-refractivity contribution in [3.05, 3.63) is 35.6 Å². The smallest absolute Gasteiger partial charge is 0.169 e. The topological polar surface area (TPSA) is 20.3 Å². The van der Waals surface area contributed by atoms with Crippen LogP contribution in [-0.4, -0.2) is 29.8 Å². The molecular formula is C17H24FNO. The molecule has 20 heavy (non-hydrogen) atoms. The minimum absolute atomic E-state index is 0.0890. The summed E-state index contributed by atoms with van der Waals surface area (Å²) in [5.74, 6) is 0.0974. The zero-order chi connectivity index (χ0) is 14.7. The maximum atomic E-state index is 13.7. The molecule has 1 heterocycles. The van der Waals surface area contributed by atoms with Crippen LogP contribution in [0.1, 0.15) is 44.0 Å². The van der Waals surface area contributed by atoms with E-state index in [0.717, 1.165) is 19.0 Å². The van der Waals surface area contributed by atoms with Gasteiger partial charge in [0.1, 0.15) is 5.82 Å². The molecule has 2 rings (SSSR count). The number of nitrogens with zero attached hydrogens (tertiary/aromatic N) is 1. The highest BCUT2D eigenvalue weighted by atomic mass is 19.1. The predicted molar refractivity (Wildman–Crippen MR) is 79.3 cm³/mol. The number of Topliss-reactive ketones (excluding diaryl/α,β-unsaturated/α-hetero) is 1. The Morgan fingerprint density at radius 1 is 1.40 bits per heavy atom. The Hall–Kier alpha value is -1.22. The van der Waals surface area contributed by atoms with Crippen LogP contribution in [-0.2, 0) is 0 Å². The van der Waals surface area contributed by atoms with E-state index in [9.17, 15) is 9.18 Å². The van der Waals surface area contributed by atoms with Crippen LogP contribution in [0.4, 0.5) is 4.39 Å². The first-order chi connectivity index (χ1) is 9.49. The molecule has 3 unspecified atom stereocenters. The van der Waals surface area contributed by atoms with Gasteiger partial charge in [0.25, 0.3) is 0 Å². The zero-order valence-corrected chi connectivity index (χ0v) is 12.6. The van der Waals surface area contributed by atoms with Crippen LogP contribution >= 0.6 is 0 Å². The van der Waals surface area contributed by atoms with Crippen molar-refractivity contribution in [2.75, 3.05) is 13.1 Å². The molecule has 110 valence electrons. The van der Waals surface area contributed by atoms with E-state index < -0.39 is 5.82 Å². The van der Waals surface area contributed by atoms with Gasteiger partial charge in [0.15, 0.2) is 5.78 Å². The first-order valence-electron chi connectivity index (χ1n) is 7.51. The Morgan fingerprint density at radius 2 is 2.10 bits per heavy atom. The minimum Gasteiger partial charge on any atom is -0.300 e. The summed E-state index contributed by atoms with van der Waals surface area (Å²) in [4.78, 5) is 14.7. The lowest BCUT2D eigenvalue weighted by Crippen LogP contribution is -2.43. The molecule has 1 aromatic rings. The maximum Gasteiger partial charge on any atom is 0.169 e. The largest absolute Gasteiger partial charge is 0.300 e. The summed E-state index contributed by atoms with van der Waals surface area (Å²) in [6, 6.07) is 6.77. The molecule has 1 fully saturated rings. The number of carbonyl (C=O) groups excluding carboxylic acids is 1. The normalized spacial score (nSPS) is 25.4. The van der Waals surface area contributed by atoms with Gasteiger partial charge in [0.05, 0.1) is 5.56 Å². The monoisotopic (exact) mass is 277 g/mol. The van der Waals surface area contributed by atoms with E-state index in [4.69, 9.17) is 0 Å². The van der Waals surface area contributed by atoms with Crippen molar-refractivity contribution < 1.29 is 9.18 Å². The second-order valence-electron chi connectivity index (χ2n) is 6.22.